The lowest BCUT2D eigenvalue weighted by atomic mass is 10.1. The molecule has 0 bridgehead atoms. The molecule has 117 heavy (non-hydrogen) atoms. The number of hydrogen-bond acceptors (Lipinski definition) is 24. The molecule has 0 fully saturated rings. The van der Waals surface area contributed by atoms with Crippen LogP contribution in [0, 0.1) is 13.8 Å². The molecule has 0 saturated carbocycles. The molecule has 0 spiro atoms. The minimum absolute atomic E-state index is 0.0671. The summed E-state index contributed by atoms with van der Waals surface area (Å²) in [6.45, 7) is 20.0. The number of phenolic OH excluding ortho intramolecular Hbond substituents is 2. The molecular weight excluding hydrogens is 1640 g/mol. The number of benzene rings is 8. The molecular formula is C79H104Cl2N8O24S4. The van der Waals surface area contributed by atoms with Gasteiger partial charge in [-0.25, -0.2) is 38.4 Å². The summed E-state index contributed by atoms with van der Waals surface area (Å²) in [6, 6.07) is 51.8. The number of aryl methyl sites for hydroxylation is 2. The van der Waals surface area contributed by atoms with Crippen molar-refractivity contribution in [1.82, 2.24) is 16.0 Å². The van der Waals surface area contributed by atoms with E-state index in [0.29, 0.717) is 38.2 Å². The number of aromatic hydroxyl groups is 4. The number of phenols is 4. The highest BCUT2D eigenvalue weighted by atomic mass is 35.5. The van der Waals surface area contributed by atoms with E-state index >= 15 is 0 Å². The molecule has 0 unspecified atom stereocenters. The van der Waals surface area contributed by atoms with Crippen molar-refractivity contribution in [2.24, 2.45) is 28.7 Å². The Morgan fingerprint density at radius 1 is 0.376 bits per heavy atom. The third-order valence-corrected chi connectivity index (χ3v) is 12.5. The lowest BCUT2D eigenvalue weighted by molar-refractivity contribution is 0.0530. The van der Waals surface area contributed by atoms with Gasteiger partial charge in [-0.05, 0) is 223 Å². The van der Waals surface area contributed by atoms with Gasteiger partial charge in [0.15, 0.2) is 0 Å². The number of hydrogen-bond donors (Lipinski definition) is 17. The zero-order valence-electron chi connectivity index (χ0n) is 67.1. The summed E-state index contributed by atoms with van der Waals surface area (Å²) >= 11 is 23.9. The SMILES string of the molecule is CN.CN.CNC(=O)OC(C)(C)C.CNC(=O)OC(C)(C)C.CNC(=O)OC(C)(C)C.Cc1ccccc1C(=O)O.Cc1ccccc1C(=O)Oc1ccc(C(N)=S)cc1.ClCCl.NC(=S)c1ccc(O)cc1.NC(=S)c1ccc(OC(=O)c2ccccc2O)cc1.O=C(O)c1ccccc1O.O=C(O)c1ccccc1O.O=S(=O)(O)O. The van der Waals surface area contributed by atoms with Gasteiger partial charge in [0.05, 0.1) is 16.5 Å². The minimum Gasteiger partial charge on any atom is -0.508 e. The van der Waals surface area contributed by atoms with Crippen molar-refractivity contribution in [3.63, 3.8) is 0 Å². The van der Waals surface area contributed by atoms with Crippen molar-refractivity contribution < 1.29 is 115 Å². The van der Waals surface area contributed by atoms with Gasteiger partial charge in [-0.1, -0.05) is 109 Å². The van der Waals surface area contributed by atoms with Crippen LogP contribution >= 0.6 is 59.9 Å². The van der Waals surface area contributed by atoms with Gasteiger partial charge < -0.3 is 104 Å². The van der Waals surface area contributed by atoms with Crippen LogP contribution in [0.5, 0.6) is 34.5 Å². The third kappa shape index (κ3) is 60.4. The van der Waals surface area contributed by atoms with Gasteiger partial charge in [-0.2, -0.15) is 8.42 Å². The Kier molecular flexibility index (Phi) is 59.9. The number of halogens is 2. The van der Waals surface area contributed by atoms with Gasteiger partial charge in [0.2, 0.25) is 0 Å². The number of thiocarbonyl (C=S) groups is 3. The molecule has 0 aliphatic heterocycles. The number of carbonyl (C=O) groups is 8. The first kappa shape index (κ1) is 114. The van der Waals surface area contributed by atoms with Gasteiger partial charge >= 0.3 is 58.5 Å². The number of ether oxygens (including phenoxy) is 5. The summed E-state index contributed by atoms with van der Waals surface area (Å²) in [5.74, 6) is -3.56. The monoisotopic (exact) mass is 1750 g/mol. The van der Waals surface area contributed by atoms with Crippen LogP contribution in [0.4, 0.5) is 14.4 Å². The number of carbonyl (C=O) groups excluding carboxylic acids is 5. The Hall–Kier alpha value is -11.8. The summed E-state index contributed by atoms with van der Waals surface area (Å²) in [6.07, 6.45) is -1.16. The molecule has 0 heterocycles. The van der Waals surface area contributed by atoms with Gasteiger partial charge in [-0.3, -0.25) is 9.11 Å². The van der Waals surface area contributed by atoms with Crippen LogP contribution in [-0.4, -0.2) is 174 Å². The number of esters is 2. The molecule has 0 radical (unpaired) electrons. The topological polar surface area (TPSA) is 565 Å². The van der Waals surface area contributed by atoms with Crippen molar-refractivity contribution in [3.05, 3.63) is 250 Å². The average Bonchev–Trinajstić information content (AvgIpc) is 0.859. The first-order valence-corrected chi connectivity index (χ1v) is 37.1. The summed E-state index contributed by atoms with van der Waals surface area (Å²) in [5.41, 5.74) is 28.9. The number of alkyl carbamates (subject to hydrolysis) is 3. The molecule has 0 aliphatic rings. The first-order chi connectivity index (χ1) is 54.3. The molecule has 8 aromatic rings. The normalized spacial score (nSPS) is 9.59. The van der Waals surface area contributed by atoms with Crippen molar-refractivity contribution in [1.29, 1.82) is 0 Å². The lowest BCUT2D eigenvalue weighted by Gasteiger charge is -2.18. The van der Waals surface area contributed by atoms with Gasteiger partial charge in [0, 0.05) is 37.8 Å². The number of nitrogens with one attached hydrogen (secondary N) is 3. The second-order valence-corrected chi connectivity index (χ2v) is 27.4. The zero-order chi connectivity index (χ0) is 91.6. The predicted octanol–water partition coefficient (Wildman–Crippen LogP) is 13.3. The Bertz CT molecular complexity index is 4150. The van der Waals surface area contributed by atoms with E-state index in [4.69, 9.17) is 149 Å². The standard InChI is InChI=1S/C15H13NO2S.C14H11NO3S.C8H8O2.C7H7NOS.2C7H6O3.3C6H13NO2.CH2Cl2.2CH5N.H2O4S/c1-10-4-2-3-5-13(10)15(17)18-12-8-6-11(7-9-12)14(16)19;15-13(19)9-5-7-10(8-6-9)18-14(17)11-3-1-2-4-12(11)16;1-6-4-2-3-5-7(6)8(9)10;8-7(10)5-1-3-6(9)4-2-5;2*8-6-4-2-1-3-5(6)7(9)10;3*1-6(2,3)9-5(8)7-4;2-1-3;2*1-2;1-5(2,3)4/h2-9H,1H3,(H2,16,19);1-8,16H,(H2,15,19);2-5H,1H3,(H,9,10);1-4,9H,(H2,8,10);2*1-4,8H,(H,9,10);3*1-4H3,(H,7,8);1H2;2*2H2,1H3;(H2,1,2,3,4). The van der Waals surface area contributed by atoms with Crippen LogP contribution in [0.1, 0.15) is 142 Å². The summed E-state index contributed by atoms with van der Waals surface area (Å²) < 4.78 is 56.5. The van der Waals surface area contributed by atoms with E-state index in [9.17, 15) is 43.5 Å². The number of carboxylic acid groups (broad SMARTS) is 3. The van der Waals surface area contributed by atoms with Crippen molar-refractivity contribution in [2.75, 3.05) is 40.6 Å². The number of alkyl halides is 2. The van der Waals surface area contributed by atoms with E-state index in [0.717, 1.165) is 22.3 Å². The van der Waals surface area contributed by atoms with E-state index < -0.39 is 34.3 Å². The third-order valence-electron chi connectivity index (χ3n) is 11.8. The predicted molar refractivity (Wildman–Crippen MR) is 463 cm³/mol. The molecule has 8 aromatic carbocycles. The fraction of sp³-hybridized carbons (Fsp3) is 0.253. The second-order valence-electron chi connectivity index (χ2n) is 24.4. The highest BCUT2D eigenvalue weighted by Crippen LogP contribution is 2.22. The zero-order valence-corrected chi connectivity index (χ0v) is 71.9. The largest absolute Gasteiger partial charge is 0.508 e. The van der Waals surface area contributed by atoms with E-state index in [1.807, 2.05) is 87.4 Å². The van der Waals surface area contributed by atoms with Crippen LogP contribution in [0.3, 0.4) is 0 Å². The molecule has 22 N–H and O–H groups in total. The highest BCUT2D eigenvalue weighted by molar-refractivity contribution is 7.81. The second kappa shape index (κ2) is 61.6. The van der Waals surface area contributed by atoms with E-state index in [2.05, 4.69) is 27.4 Å². The Labute approximate surface area is 706 Å². The maximum atomic E-state index is 12.0. The van der Waals surface area contributed by atoms with Gasteiger partial charge in [-0.15, -0.1) is 23.2 Å². The Morgan fingerprint density at radius 2 is 0.581 bits per heavy atom. The molecule has 642 valence electrons. The lowest BCUT2D eigenvalue weighted by Crippen LogP contribution is -2.30. The quantitative estimate of drug-likeness (QED) is 0.0151. The molecule has 0 atom stereocenters. The fourth-order valence-electron chi connectivity index (χ4n) is 6.88. The van der Waals surface area contributed by atoms with Crippen LogP contribution in [0.2, 0.25) is 0 Å². The van der Waals surface area contributed by atoms with Crippen LogP contribution in [-0.2, 0) is 24.6 Å². The van der Waals surface area contributed by atoms with Crippen LogP contribution in [0.15, 0.2) is 194 Å². The van der Waals surface area contributed by atoms with Crippen LogP contribution in [0.25, 0.3) is 0 Å². The smallest absolute Gasteiger partial charge is 0.407 e. The molecule has 32 nitrogen and oxygen atoms in total. The minimum atomic E-state index is -4.67. The van der Waals surface area contributed by atoms with E-state index in [-0.39, 0.29) is 91.1 Å². The van der Waals surface area contributed by atoms with E-state index in [1.165, 1.54) is 71.6 Å². The summed E-state index contributed by atoms with van der Waals surface area (Å²) in [5, 5.41) is 68.8. The summed E-state index contributed by atoms with van der Waals surface area (Å²) in [4.78, 5) is 87.2. The Balaban J connectivity index is -0.000000401. The molecule has 3 amide bonds. The van der Waals surface area contributed by atoms with Gasteiger partial charge in [0.25, 0.3) is 0 Å². The maximum Gasteiger partial charge on any atom is 0.407 e. The van der Waals surface area contributed by atoms with Gasteiger partial charge in [0.1, 0.15) is 83.0 Å². The number of nitrogens with two attached hydrogens (primary N) is 5. The van der Waals surface area contributed by atoms with Crippen molar-refractivity contribution in [2.45, 2.75) is 93.0 Å². The van der Waals surface area contributed by atoms with Crippen LogP contribution < -0.4 is 54.1 Å². The molecule has 0 saturated heterocycles. The molecule has 0 aliphatic carbocycles. The van der Waals surface area contributed by atoms with Crippen molar-refractivity contribution in [3.8, 4) is 34.5 Å². The number of carboxylic acids is 3. The van der Waals surface area contributed by atoms with E-state index in [1.54, 1.807) is 146 Å². The van der Waals surface area contributed by atoms with Crippen molar-refractivity contribution >= 4 is 133 Å². The molecule has 0 aromatic heterocycles. The number of para-hydroxylation sites is 3. The summed E-state index contributed by atoms with van der Waals surface area (Å²) in [7, 11) is 2.94. The maximum absolute atomic E-state index is 12.0. The number of amides is 3. The molecule has 8 rings (SSSR count). The number of aromatic carboxylic acids is 3. The fourth-order valence-corrected chi connectivity index (χ4v) is 7.29. The average molecular weight is 1750 g/mol. The molecule has 38 heteroatoms. The Morgan fingerprint density at radius 3 is 0.769 bits per heavy atom. The number of rotatable bonds is 10. The first-order valence-electron chi connectivity index (χ1n) is 33.5. The highest BCUT2D eigenvalue weighted by Gasteiger charge is 2.18.